The first-order chi connectivity index (χ1) is 6.68. The van der Waals surface area contributed by atoms with Gasteiger partial charge in [0.1, 0.15) is 16.6 Å². The molecule has 72 valence electrons. The summed E-state index contributed by atoms with van der Waals surface area (Å²) in [5.41, 5.74) is 5.94. The van der Waals surface area contributed by atoms with Crippen molar-refractivity contribution in [1.82, 2.24) is 4.98 Å². The van der Waals surface area contributed by atoms with Crippen molar-refractivity contribution in [1.29, 1.82) is 0 Å². The minimum absolute atomic E-state index is 0.297. The number of hydrogen-bond acceptors (Lipinski definition) is 3. The van der Waals surface area contributed by atoms with Gasteiger partial charge in [-0.05, 0) is 28.1 Å². The Hall–Kier alpha value is -0.940. The quantitative estimate of drug-likeness (QED) is 0.865. The molecule has 2 aromatic rings. The third-order valence-corrected chi connectivity index (χ3v) is 3.24. The summed E-state index contributed by atoms with van der Waals surface area (Å²) in [4.78, 5) is 4.03. The van der Waals surface area contributed by atoms with Crippen molar-refractivity contribution >= 4 is 33.1 Å². The minimum Gasteiger partial charge on any atom is -0.383 e. The van der Waals surface area contributed by atoms with Gasteiger partial charge in [0.15, 0.2) is 0 Å². The molecule has 0 spiro atoms. The van der Waals surface area contributed by atoms with E-state index in [4.69, 9.17) is 5.73 Å². The van der Waals surface area contributed by atoms with E-state index in [1.165, 1.54) is 17.4 Å². The Morgan fingerprint density at radius 1 is 1.43 bits per heavy atom. The number of nitrogens with two attached hydrogens (primary N) is 1. The van der Waals surface area contributed by atoms with E-state index < -0.39 is 0 Å². The highest BCUT2D eigenvalue weighted by molar-refractivity contribution is 9.10. The number of nitrogen functional groups attached to an aromatic ring is 1. The van der Waals surface area contributed by atoms with Crippen LogP contribution in [-0.4, -0.2) is 4.98 Å². The van der Waals surface area contributed by atoms with Crippen LogP contribution in [0.2, 0.25) is 0 Å². The van der Waals surface area contributed by atoms with E-state index in [9.17, 15) is 4.39 Å². The number of hydrogen-bond donors (Lipinski definition) is 1. The van der Waals surface area contributed by atoms with Crippen molar-refractivity contribution in [2.45, 2.75) is 0 Å². The van der Waals surface area contributed by atoms with Crippen molar-refractivity contribution in [3.8, 4) is 10.6 Å². The topological polar surface area (TPSA) is 38.9 Å². The molecular weight excluding hydrogens is 267 g/mol. The second-order valence-corrected chi connectivity index (χ2v) is 4.39. The van der Waals surface area contributed by atoms with E-state index in [0.29, 0.717) is 20.9 Å². The van der Waals surface area contributed by atoms with Gasteiger partial charge in [0, 0.05) is 9.85 Å². The molecule has 2 nitrogen and oxygen atoms in total. The number of anilines is 1. The molecule has 0 saturated heterocycles. The Balaban J connectivity index is 2.61. The Kier molecular flexibility index (Phi) is 2.52. The third kappa shape index (κ3) is 1.65. The molecule has 0 fully saturated rings. The van der Waals surface area contributed by atoms with E-state index in [1.54, 1.807) is 17.5 Å². The molecule has 1 aromatic carbocycles. The molecule has 0 unspecified atom stereocenters. The first kappa shape index (κ1) is 9.61. The predicted molar refractivity (Wildman–Crippen MR) is 59.6 cm³/mol. The molecule has 5 heteroatoms. The van der Waals surface area contributed by atoms with Gasteiger partial charge in [-0.25, -0.2) is 9.37 Å². The van der Waals surface area contributed by atoms with Gasteiger partial charge in [-0.3, -0.25) is 0 Å². The Bertz CT molecular complexity index is 449. The van der Waals surface area contributed by atoms with Gasteiger partial charge in [0.2, 0.25) is 0 Å². The van der Waals surface area contributed by atoms with Gasteiger partial charge in [-0.1, -0.05) is 6.07 Å². The molecular formula is C9H6BrFN2S. The average molecular weight is 273 g/mol. The first-order valence-corrected chi connectivity index (χ1v) is 5.51. The molecule has 14 heavy (non-hydrogen) atoms. The van der Waals surface area contributed by atoms with Crippen LogP contribution in [0.25, 0.3) is 10.6 Å². The Morgan fingerprint density at radius 3 is 2.79 bits per heavy atom. The zero-order chi connectivity index (χ0) is 10.1. The standard InChI is InChI=1S/C9H6BrFN2S/c10-5-2-1-3-6(11)8(5)9-13-7(12)4-14-9/h1-4H,12H2. The number of nitrogens with zero attached hydrogens (tertiary/aromatic N) is 1. The molecule has 1 aromatic heterocycles. The fourth-order valence-electron chi connectivity index (χ4n) is 1.10. The van der Waals surface area contributed by atoms with Crippen LogP contribution in [0.4, 0.5) is 10.2 Å². The first-order valence-electron chi connectivity index (χ1n) is 3.84. The molecule has 0 atom stereocenters. The number of halogens is 2. The summed E-state index contributed by atoms with van der Waals surface area (Å²) in [6.07, 6.45) is 0. The van der Waals surface area contributed by atoms with E-state index in [2.05, 4.69) is 20.9 Å². The van der Waals surface area contributed by atoms with Crippen LogP contribution in [-0.2, 0) is 0 Å². The SMILES string of the molecule is Nc1csc(-c2c(F)cccc2Br)n1. The summed E-state index contributed by atoms with van der Waals surface area (Å²) < 4.78 is 14.1. The molecule has 0 saturated carbocycles. The van der Waals surface area contributed by atoms with Gasteiger partial charge < -0.3 is 5.73 Å². The smallest absolute Gasteiger partial charge is 0.135 e. The normalized spacial score (nSPS) is 10.4. The molecule has 1 heterocycles. The lowest BCUT2D eigenvalue weighted by molar-refractivity contribution is 0.630. The largest absolute Gasteiger partial charge is 0.383 e. The maximum Gasteiger partial charge on any atom is 0.135 e. The van der Waals surface area contributed by atoms with E-state index >= 15 is 0 Å². The highest BCUT2D eigenvalue weighted by Gasteiger charge is 2.11. The molecule has 2 rings (SSSR count). The van der Waals surface area contributed by atoms with E-state index in [0.717, 1.165) is 0 Å². The summed E-state index contributed by atoms with van der Waals surface area (Å²) in [6, 6.07) is 4.81. The van der Waals surface area contributed by atoms with Crippen LogP contribution in [0.5, 0.6) is 0 Å². The van der Waals surface area contributed by atoms with Crippen LogP contribution in [0.1, 0.15) is 0 Å². The van der Waals surface area contributed by atoms with Crippen LogP contribution in [0.15, 0.2) is 28.1 Å². The fraction of sp³-hybridized carbons (Fsp3) is 0. The van der Waals surface area contributed by atoms with Crippen molar-refractivity contribution < 1.29 is 4.39 Å². The predicted octanol–water partition coefficient (Wildman–Crippen LogP) is 3.29. The lowest BCUT2D eigenvalue weighted by Crippen LogP contribution is -1.87. The highest BCUT2D eigenvalue weighted by Crippen LogP contribution is 2.33. The van der Waals surface area contributed by atoms with Gasteiger partial charge in [0.05, 0.1) is 5.56 Å². The van der Waals surface area contributed by atoms with Crippen LogP contribution in [0.3, 0.4) is 0 Å². The van der Waals surface area contributed by atoms with E-state index in [-0.39, 0.29) is 5.82 Å². The highest BCUT2D eigenvalue weighted by atomic mass is 79.9. The summed E-state index contributed by atoms with van der Waals surface area (Å²) in [7, 11) is 0. The summed E-state index contributed by atoms with van der Waals surface area (Å²) >= 11 is 4.60. The molecule has 0 aliphatic heterocycles. The van der Waals surface area contributed by atoms with Crippen molar-refractivity contribution in [2.75, 3.05) is 5.73 Å². The molecule has 0 amide bonds. The van der Waals surface area contributed by atoms with Crippen molar-refractivity contribution in [3.05, 3.63) is 33.9 Å². The molecule has 0 aliphatic carbocycles. The number of aromatic nitrogens is 1. The molecule has 0 bridgehead atoms. The van der Waals surface area contributed by atoms with Gasteiger partial charge in [-0.15, -0.1) is 11.3 Å². The monoisotopic (exact) mass is 272 g/mol. The molecule has 2 N–H and O–H groups in total. The summed E-state index contributed by atoms with van der Waals surface area (Å²) in [6.45, 7) is 0. The summed E-state index contributed by atoms with van der Waals surface area (Å²) in [5, 5.41) is 2.28. The Labute approximate surface area is 92.7 Å². The second-order valence-electron chi connectivity index (χ2n) is 2.67. The van der Waals surface area contributed by atoms with Gasteiger partial charge in [0.25, 0.3) is 0 Å². The Morgan fingerprint density at radius 2 is 2.21 bits per heavy atom. The number of thiazole rings is 1. The third-order valence-electron chi connectivity index (χ3n) is 1.70. The van der Waals surface area contributed by atoms with E-state index in [1.807, 2.05) is 0 Å². The fourth-order valence-corrected chi connectivity index (χ4v) is 2.53. The summed E-state index contributed by atoms with van der Waals surface area (Å²) in [5.74, 6) is 0.119. The maximum atomic E-state index is 13.4. The van der Waals surface area contributed by atoms with Crippen molar-refractivity contribution in [2.24, 2.45) is 0 Å². The minimum atomic E-state index is -0.297. The van der Waals surface area contributed by atoms with Crippen molar-refractivity contribution in [3.63, 3.8) is 0 Å². The van der Waals surface area contributed by atoms with Gasteiger partial charge >= 0.3 is 0 Å². The lowest BCUT2D eigenvalue weighted by Gasteiger charge is -2.01. The zero-order valence-electron chi connectivity index (χ0n) is 7.00. The number of rotatable bonds is 1. The zero-order valence-corrected chi connectivity index (χ0v) is 9.40. The average Bonchev–Trinajstić information content (AvgIpc) is 2.51. The second kappa shape index (κ2) is 3.67. The lowest BCUT2D eigenvalue weighted by atomic mass is 10.2. The van der Waals surface area contributed by atoms with Crippen LogP contribution >= 0.6 is 27.3 Å². The molecule has 0 aliphatic rings. The molecule has 0 radical (unpaired) electrons. The maximum absolute atomic E-state index is 13.4. The van der Waals surface area contributed by atoms with Gasteiger partial charge in [-0.2, -0.15) is 0 Å². The van der Waals surface area contributed by atoms with Crippen LogP contribution < -0.4 is 5.73 Å². The van der Waals surface area contributed by atoms with Crippen LogP contribution in [0, 0.1) is 5.82 Å². The number of benzene rings is 1.